The van der Waals surface area contributed by atoms with Gasteiger partial charge in [0, 0.05) is 24.3 Å². The summed E-state index contributed by atoms with van der Waals surface area (Å²) in [5.41, 5.74) is 0.764. The number of nitro groups is 1. The highest BCUT2D eigenvalue weighted by atomic mass is 16.6. The Morgan fingerprint density at radius 2 is 2.08 bits per heavy atom. The molecule has 6 nitrogen and oxygen atoms in total. The lowest BCUT2D eigenvalue weighted by atomic mass is 9.78. The molecular formula is C18H24N2O4. The van der Waals surface area contributed by atoms with Crippen molar-refractivity contribution in [1.82, 2.24) is 0 Å². The van der Waals surface area contributed by atoms with E-state index in [9.17, 15) is 14.9 Å². The number of nitrogens with zero attached hydrogens (tertiary/aromatic N) is 1. The maximum atomic E-state index is 11.5. The van der Waals surface area contributed by atoms with Crippen molar-refractivity contribution in [3.05, 3.63) is 33.9 Å². The summed E-state index contributed by atoms with van der Waals surface area (Å²) in [6.07, 6.45) is 7.54. The Bertz CT molecular complexity index is 632. The quantitative estimate of drug-likeness (QED) is 0.510. The van der Waals surface area contributed by atoms with Crippen LogP contribution in [0.25, 0.3) is 0 Å². The monoisotopic (exact) mass is 332 g/mol. The number of nitro benzene ring substituents is 1. The number of Topliss-reactive ketones (excluding diaryl/α,β-unsaturated/α-hetero) is 1. The molecule has 1 saturated heterocycles. The van der Waals surface area contributed by atoms with E-state index in [0.717, 1.165) is 25.7 Å². The lowest BCUT2D eigenvalue weighted by Gasteiger charge is -2.43. The fourth-order valence-corrected chi connectivity index (χ4v) is 3.94. The molecule has 1 spiro atoms. The number of carbonyl (C=O) groups is 1. The van der Waals surface area contributed by atoms with Gasteiger partial charge in [-0.3, -0.25) is 14.9 Å². The third-order valence-corrected chi connectivity index (χ3v) is 5.22. The molecule has 6 heteroatoms. The van der Waals surface area contributed by atoms with Crippen molar-refractivity contribution < 1.29 is 14.5 Å². The van der Waals surface area contributed by atoms with Crippen LogP contribution in [0, 0.1) is 10.1 Å². The van der Waals surface area contributed by atoms with Gasteiger partial charge in [0.2, 0.25) is 0 Å². The Morgan fingerprint density at radius 1 is 1.33 bits per heavy atom. The first-order valence-corrected chi connectivity index (χ1v) is 8.69. The van der Waals surface area contributed by atoms with E-state index in [-0.39, 0.29) is 23.1 Å². The molecule has 1 heterocycles. The summed E-state index contributed by atoms with van der Waals surface area (Å²) in [5, 5.41) is 14.7. The molecule has 0 amide bonds. The molecule has 1 aliphatic carbocycles. The second-order valence-corrected chi connectivity index (χ2v) is 6.97. The van der Waals surface area contributed by atoms with Crippen LogP contribution < -0.4 is 5.32 Å². The first-order chi connectivity index (χ1) is 11.5. The van der Waals surface area contributed by atoms with Crippen LogP contribution in [-0.2, 0) is 4.74 Å². The fourth-order valence-electron chi connectivity index (χ4n) is 3.94. The molecule has 1 unspecified atom stereocenters. The van der Waals surface area contributed by atoms with Crippen LogP contribution in [0.4, 0.5) is 11.4 Å². The van der Waals surface area contributed by atoms with E-state index in [1.54, 1.807) is 12.1 Å². The number of rotatable bonds is 4. The van der Waals surface area contributed by atoms with Crippen LogP contribution in [0.15, 0.2) is 18.2 Å². The molecule has 0 aromatic heterocycles. The smallest absolute Gasteiger partial charge is 0.293 e. The van der Waals surface area contributed by atoms with Gasteiger partial charge in [-0.15, -0.1) is 0 Å². The topological polar surface area (TPSA) is 81.5 Å². The number of benzene rings is 1. The predicted octanol–water partition coefficient (Wildman–Crippen LogP) is 4.09. The van der Waals surface area contributed by atoms with Gasteiger partial charge in [-0.05, 0) is 44.7 Å². The lowest BCUT2D eigenvalue weighted by Crippen LogP contribution is -2.45. The maximum Gasteiger partial charge on any atom is 0.293 e. The normalized spacial score (nSPS) is 23.0. The summed E-state index contributed by atoms with van der Waals surface area (Å²) in [5.74, 6) is -0.170. The fraction of sp³-hybridized carbons (Fsp3) is 0.611. The largest absolute Gasteiger partial charge is 0.377 e. The average Bonchev–Trinajstić information content (AvgIpc) is 2.55. The molecule has 1 atom stereocenters. The molecule has 0 radical (unpaired) electrons. The van der Waals surface area contributed by atoms with Crippen LogP contribution in [0.5, 0.6) is 0 Å². The van der Waals surface area contributed by atoms with Crippen molar-refractivity contribution in [2.75, 3.05) is 11.9 Å². The molecule has 130 valence electrons. The van der Waals surface area contributed by atoms with Crippen LogP contribution in [0.2, 0.25) is 0 Å². The number of anilines is 1. The van der Waals surface area contributed by atoms with Gasteiger partial charge >= 0.3 is 0 Å². The highest BCUT2D eigenvalue weighted by Gasteiger charge is 2.38. The van der Waals surface area contributed by atoms with Gasteiger partial charge in [0.15, 0.2) is 5.78 Å². The molecule has 1 N–H and O–H groups in total. The van der Waals surface area contributed by atoms with Crippen molar-refractivity contribution in [3.8, 4) is 0 Å². The zero-order valence-electron chi connectivity index (χ0n) is 14.0. The minimum Gasteiger partial charge on any atom is -0.377 e. The van der Waals surface area contributed by atoms with Gasteiger partial charge in [-0.1, -0.05) is 19.3 Å². The first-order valence-electron chi connectivity index (χ1n) is 8.69. The van der Waals surface area contributed by atoms with Crippen molar-refractivity contribution in [1.29, 1.82) is 0 Å². The zero-order valence-corrected chi connectivity index (χ0v) is 14.0. The Hall–Kier alpha value is -1.95. The second-order valence-electron chi connectivity index (χ2n) is 6.97. The number of ether oxygens (including phenoxy) is 1. The van der Waals surface area contributed by atoms with Crippen LogP contribution in [0.1, 0.15) is 62.2 Å². The molecule has 1 aromatic rings. The number of nitrogens with one attached hydrogen (secondary N) is 1. The van der Waals surface area contributed by atoms with E-state index in [1.165, 1.54) is 32.3 Å². The van der Waals surface area contributed by atoms with E-state index in [0.29, 0.717) is 17.9 Å². The number of carbonyl (C=O) groups excluding carboxylic acids is 1. The zero-order chi connectivity index (χ0) is 17.2. The Morgan fingerprint density at radius 3 is 2.75 bits per heavy atom. The van der Waals surface area contributed by atoms with Gasteiger partial charge in [-0.2, -0.15) is 0 Å². The maximum absolute atomic E-state index is 11.5. The molecule has 24 heavy (non-hydrogen) atoms. The summed E-state index contributed by atoms with van der Waals surface area (Å²) in [7, 11) is 0. The third-order valence-electron chi connectivity index (χ3n) is 5.22. The third kappa shape index (κ3) is 3.59. The van der Waals surface area contributed by atoms with Crippen molar-refractivity contribution in [2.24, 2.45) is 0 Å². The van der Waals surface area contributed by atoms with Gasteiger partial charge in [-0.25, -0.2) is 0 Å². The average molecular weight is 332 g/mol. The summed E-state index contributed by atoms with van der Waals surface area (Å²) < 4.78 is 6.08. The molecule has 1 aliphatic heterocycles. The summed E-state index contributed by atoms with van der Waals surface area (Å²) in [6.45, 7) is 2.11. The van der Waals surface area contributed by atoms with Crippen molar-refractivity contribution in [2.45, 2.75) is 63.5 Å². The summed E-state index contributed by atoms with van der Waals surface area (Å²) in [6, 6.07) is 4.82. The van der Waals surface area contributed by atoms with Crippen LogP contribution in [0.3, 0.4) is 0 Å². The number of hydrogen-bond donors (Lipinski definition) is 1. The molecular weight excluding hydrogens is 308 g/mol. The predicted molar refractivity (Wildman–Crippen MR) is 91.5 cm³/mol. The molecule has 1 saturated carbocycles. The minimum absolute atomic E-state index is 0.0353. The van der Waals surface area contributed by atoms with E-state index < -0.39 is 4.92 Å². The molecule has 3 rings (SSSR count). The SMILES string of the molecule is CC(=O)c1ccc(NC2CCOC3(CCCCC3)C2)c([N+](=O)[O-])c1. The molecule has 2 fully saturated rings. The van der Waals surface area contributed by atoms with Crippen LogP contribution >= 0.6 is 0 Å². The summed E-state index contributed by atoms with van der Waals surface area (Å²) in [4.78, 5) is 22.4. The molecule has 0 bridgehead atoms. The van der Waals surface area contributed by atoms with Gasteiger partial charge in [0.25, 0.3) is 5.69 Å². The van der Waals surface area contributed by atoms with E-state index in [2.05, 4.69) is 5.32 Å². The lowest BCUT2D eigenvalue weighted by molar-refractivity contribution is -0.384. The minimum atomic E-state index is -0.426. The Balaban J connectivity index is 1.77. The van der Waals surface area contributed by atoms with Crippen molar-refractivity contribution >= 4 is 17.2 Å². The highest BCUT2D eigenvalue weighted by Crippen LogP contribution is 2.40. The first kappa shape index (κ1) is 16.9. The van der Waals surface area contributed by atoms with E-state index in [4.69, 9.17) is 4.74 Å². The van der Waals surface area contributed by atoms with Gasteiger partial charge < -0.3 is 10.1 Å². The van der Waals surface area contributed by atoms with Gasteiger partial charge in [0.05, 0.1) is 10.5 Å². The molecule has 1 aromatic carbocycles. The Kier molecular flexibility index (Phi) is 4.85. The Labute approximate surface area is 141 Å². The number of ketones is 1. The van der Waals surface area contributed by atoms with Crippen molar-refractivity contribution in [3.63, 3.8) is 0 Å². The molecule has 2 aliphatic rings. The van der Waals surface area contributed by atoms with Crippen LogP contribution in [-0.4, -0.2) is 29.0 Å². The van der Waals surface area contributed by atoms with Gasteiger partial charge in [0.1, 0.15) is 5.69 Å². The summed E-state index contributed by atoms with van der Waals surface area (Å²) >= 11 is 0. The van der Waals surface area contributed by atoms with E-state index >= 15 is 0 Å². The number of hydrogen-bond acceptors (Lipinski definition) is 5. The van der Waals surface area contributed by atoms with E-state index in [1.807, 2.05) is 0 Å². The second kappa shape index (κ2) is 6.89. The standard InChI is InChI=1S/C18H24N2O4/c1-13(21)14-5-6-16(17(11-14)20(22)23)19-15-7-10-24-18(12-15)8-3-2-4-9-18/h5-6,11,15,19H,2-4,7-10,12H2,1H3. The highest BCUT2D eigenvalue weighted by molar-refractivity contribution is 5.95.